The van der Waals surface area contributed by atoms with Gasteiger partial charge in [-0.2, -0.15) is 13.2 Å². The van der Waals surface area contributed by atoms with E-state index in [0.717, 1.165) is 12.1 Å². The Hall–Kier alpha value is -1.76. The van der Waals surface area contributed by atoms with Gasteiger partial charge < -0.3 is 9.84 Å². The lowest BCUT2D eigenvalue weighted by Gasteiger charge is -2.21. The molecule has 0 radical (unpaired) electrons. The summed E-state index contributed by atoms with van der Waals surface area (Å²) >= 11 is 0. The molecular weight excluding hydrogens is 287 g/mol. The van der Waals surface area contributed by atoms with E-state index in [1.165, 1.54) is 6.07 Å². The van der Waals surface area contributed by atoms with Crippen LogP contribution in [0.4, 0.5) is 23.7 Å². The summed E-state index contributed by atoms with van der Waals surface area (Å²) in [5.41, 5.74) is -0.357. The molecule has 0 fully saturated rings. The molecule has 2 N–H and O–H groups in total. The molecule has 0 spiro atoms. The molecule has 4 nitrogen and oxygen atoms in total. The van der Waals surface area contributed by atoms with Gasteiger partial charge in [0.05, 0.1) is 0 Å². The Morgan fingerprint density at radius 1 is 1.29 bits per heavy atom. The van der Waals surface area contributed by atoms with Crippen LogP contribution in [0.1, 0.15) is 38.0 Å². The number of nitrogens with one attached hydrogen (secondary N) is 1. The third-order valence-electron chi connectivity index (χ3n) is 2.52. The number of aliphatic hydroxyl groups excluding tert-OH is 1. The molecule has 118 valence electrons. The van der Waals surface area contributed by atoms with E-state index >= 15 is 0 Å². The average molecular weight is 305 g/mol. The van der Waals surface area contributed by atoms with Gasteiger partial charge in [0.1, 0.15) is 5.60 Å². The highest BCUT2D eigenvalue weighted by Crippen LogP contribution is 2.34. The summed E-state index contributed by atoms with van der Waals surface area (Å²) in [6.45, 7) is 6.63. The lowest BCUT2D eigenvalue weighted by atomic mass is 10.1. The van der Waals surface area contributed by atoms with Crippen molar-refractivity contribution in [1.82, 2.24) is 0 Å². The van der Waals surface area contributed by atoms with E-state index in [1.807, 2.05) is 0 Å². The van der Waals surface area contributed by atoms with E-state index in [-0.39, 0.29) is 11.3 Å². The second-order valence-electron chi connectivity index (χ2n) is 5.65. The molecular formula is C14H18F3NO3. The zero-order valence-corrected chi connectivity index (χ0v) is 12.2. The molecule has 0 aliphatic rings. The highest BCUT2D eigenvalue weighted by atomic mass is 19.4. The summed E-state index contributed by atoms with van der Waals surface area (Å²) in [5, 5.41) is 11.6. The van der Waals surface area contributed by atoms with Crippen molar-refractivity contribution in [3.05, 3.63) is 29.3 Å². The molecule has 0 saturated heterocycles. The number of aliphatic hydroxyl groups is 1. The molecule has 0 saturated carbocycles. The van der Waals surface area contributed by atoms with Crippen LogP contribution in [0.25, 0.3) is 0 Å². The number of amides is 1. The average Bonchev–Trinajstić information content (AvgIpc) is 2.27. The fourth-order valence-electron chi connectivity index (χ4n) is 1.55. The van der Waals surface area contributed by atoms with E-state index in [4.69, 9.17) is 4.74 Å². The Labute approximate surface area is 120 Å². The highest BCUT2D eigenvalue weighted by molar-refractivity contribution is 5.86. The zero-order chi connectivity index (χ0) is 16.4. The van der Waals surface area contributed by atoms with Crippen molar-refractivity contribution >= 4 is 11.8 Å². The van der Waals surface area contributed by atoms with Crippen LogP contribution in [-0.4, -0.2) is 23.0 Å². The molecule has 0 aliphatic carbocycles. The van der Waals surface area contributed by atoms with Gasteiger partial charge in [0.15, 0.2) is 6.10 Å². The van der Waals surface area contributed by atoms with Crippen molar-refractivity contribution in [2.24, 2.45) is 0 Å². The summed E-state index contributed by atoms with van der Waals surface area (Å²) < 4.78 is 42.5. The summed E-state index contributed by atoms with van der Waals surface area (Å²) in [6, 6.07) is 3.63. The molecule has 0 aromatic heterocycles. The Kier molecular flexibility index (Phi) is 4.88. The van der Waals surface area contributed by atoms with Crippen molar-refractivity contribution in [3.8, 4) is 0 Å². The van der Waals surface area contributed by atoms with E-state index in [2.05, 4.69) is 5.32 Å². The normalized spacial score (nSPS) is 13.7. The third kappa shape index (κ3) is 5.26. The van der Waals surface area contributed by atoms with Crippen LogP contribution in [0.3, 0.4) is 0 Å². The van der Waals surface area contributed by atoms with Crippen molar-refractivity contribution in [3.63, 3.8) is 0 Å². The van der Waals surface area contributed by atoms with Gasteiger partial charge in [0, 0.05) is 5.69 Å². The Morgan fingerprint density at radius 2 is 1.86 bits per heavy atom. The Balaban J connectivity index is 2.96. The van der Waals surface area contributed by atoms with Crippen molar-refractivity contribution in [2.45, 2.75) is 45.6 Å². The van der Waals surface area contributed by atoms with Crippen LogP contribution in [0, 0.1) is 6.92 Å². The standard InChI is InChI=1S/C14H18F3NO3/c1-8-5-6-9(11(19)14(15,16)17)7-10(8)18-12(20)21-13(2,3)4/h5-7,11,19H,1-4H3,(H,18,20)/t11-/m0/s1. The SMILES string of the molecule is Cc1ccc([C@H](O)C(F)(F)F)cc1NC(=O)OC(C)(C)C. The number of anilines is 1. The van der Waals surface area contributed by atoms with Crippen LogP contribution >= 0.6 is 0 Å². The van der Waals surface area contributed by atoms with Gasteiger partial charge in [-0.05, 0) is 44.9 Å². The fraction of sp³-hybridized carbons (Fsp3) is 0.500. The number of benzene rings is 1. The number of rotatable bonds is 2. The molecule has 1 atom stereocenters. The van der Waals surface area contributed by atoms with Gasteiger partial charge in [-0.15, -0.1) is 0 Å². The van der Waals surface area contributed by atoms with Crippen LogP contribution in [0.2, 0.25) is 0 Å². The molecule has 7 heteroatoms. The number of ether oxygens (including phenoxy) is 1. The summed E-state index contributed by atoms with van der Waals surface area (Å²) in [5.74, 6) is 0. The topological polar surface area (TPSA) is 58.6 Å². The second kappa shape index (κ2) is 5.93. The van der Waals surface area contributed by atoms with Crippen molar-refractivity contribution < 1.29 is 27.8 Å². The largest absolute Gasteiger partial charge is 0.444 e. The monoisotopic (exact) mass is 305 g/mol. The van der Waals surface area contributed by atoms with E-state index < -0.39 is 24.0 Å². The summed E-state index contributed by atoms with van der Waals surface area (Å²) in [4.78, 5) is 11.6. The molecule has 1 aromatic rings. The number of hydrogen-bond donors (Lipinski definition) is 2. The molecule has 21 heavy (non-hydrogen) atoms. The first-order valence-corrected chi connectivity index (χ1v) is 6.25. The Bertz CT molecular complexity index is 521. The maximum absolute atomic E-state index is 12.5. The van der Waals surface area contributed by atoms with Gasteiger partial charge in [-0.1, -0.05) is 12.1 Å². The lowest BCUT2D eigenvalue weighted by Crippen LogP contribution is -2.27. The van der Waals surface area contributed by atoms with Gasteiger partial charge in [-0.3, -0.25) is 5.32 Å². The minimum absolute atomic E-state index is 0.157. The van der Waals surface area contributed by atoms with Crippen molar-refractivity contribution in [1.29, 1.82) is 0 Å². The van der Waals surface area contributed by atoms with E-state index in [9.17, 15) is 23.1 Å². The molecule has 1 amide bonds. The quantitative estimate of drug-likeness (QED) is 0.870. The van der Waals surface area contributed by atoms with Gasteiger partial charge in [0.2, 0.25) is 0 Å². The van der Waals surface area contributed by atoms with E-state index in [1.54, 1.807) is 27.7 Å². The molecule has 1 aromatic carbocycles. The number of hydrogen-bond acceptors (Lipinski definition) is 3. The van der Waals surface area contributed by atoms with Gasteiger partial charge in [-0.25, -0.2) is 4.79 Å². The number of aryl methyl sites for hydroxylation is 1. The zero-order valence-electron chi connectivity index (χ0n) is 12.2. The first kappa shape index (κ1) is 17.3. The molecule has 0 unspecified atom stereocenters. The molecule has 0 aliphatic heterocycles. The maximum atomic E-state index is 12.5. The highest BCUT2D eigenvalue weighted by Gasteiger charge is 2.39. The first-order valence-electron chi connectivity index (χ1n) is 6.25. The van der Waals surface area contributed by atoms with Gasteiger partial charge in [0.25, 0.3) is 0 Å². The predicted molar refractivity (Wildman–Crippen MR) is 72.1 cm³/mol. The molecule has 0 heterocycles. The smallest absolute Gasteiger partial charge is 0.418 e. The van der Waals surface area contributed by atoms with Crippen LogP contribution in [-0.2, 0) is 4.74 Å². The van der Waals surface area contributed by atoms with Crippen LogP contribution < -0.4 is 5.32 Å². The molecule has 1 rings (SSSR count). The molecule has 0 bridgehead atoms. The third-order valence-corrected chi connectivity index (χ3v) is 2.52. The maximum Gasteiger partial charge on any atom is 0.418 e. The summed E-state index contributed by atoms with van der Waals surface area (Å²) in [6.07, 6.45) is -8.14. The van der Waals surface area contributed by atoms with Crippen LogP contribution in [0.5, 0.6) is 0 Å². The van der Waals surface area contributed by atoms with Gasteiger partial charge >= 0.3 is 12.3 Å². The number of halogens is 3. The van der Waals surface area contributed by atoms with Crippen LogP contribution in [0.15, 0.2) is 18.2 Å². The summed E-state index contributed by atoms with van der Waals surface area (Å²) in [7, 11) is 0. The lowest BCUT2D eigenvalue weighted by molar-refractivity contribution is -0.206. The second-order valence-corrected chi connectivity index (χ2v) is 5.65. The minimum atomic E-state index is -4.77. The van der Waals surface area contributed by atoms with E-state index in [0.29, 0.717) is 5.56 Å². The Morgan fingerprint density at radius 3 is 2.33 bits per heavy atom. The fourth-order valence-corrected chi connectivity index (χ4v) is 1.55. The minimum Gasteiger partial charge on any atom is -0.444 e. The number of carbonyl (C=O) groups is 1. The number of alkyl halides is 3. The van der Waals surface area contributed by atoms with Crippen molar-refractivity contribution in [2.75, 3.05) is 5.32 Å². The predicted octanol–water partition coefficient (Wildman–Crippen LogP) is 3.94. The number of carbonyl (C=O) groups excluding carboxylic acids is 1. The first-order chi connectivity index (χ1) is 9.40.